The van der Waals surface area contributed by atoms with E-state index in [1.165, 1.54) is 0 Å². The van der Waals surface area contributed by atoms with Gasteiger partial charge in [0.2, 0.25) is 0 Å². The van der Waals surface area contributed by atoms with Gasteiger partial charge in [-0.3, -0.25) is 16.3 Å². The molecule has 1 atom stereocenters. The fourth-order valence-electron chi connectivity index (χ4n) is 2.01. The standard InChI is InChI=1S/C13H17N3O2S/c1-17-11-4-3-5-12(18-2)13(11)10(16-14)6-9-7-15-8-19-9/h3-5,7-8,10,16H,6,14H2,1-2H3. The van der Waals surface area contributed by atoms with Gasteiger partial charge < -0.3 is 9.47 Å². The molecule has 6 heteroatoms. The van der Waals surface area contributed by atoms with Gasteiger partial charge in [-0.05, 0) is 12.1 Å². The molecule has 0 spiro atoms. The Balaban J connectivity index is 2.36. The highest BCUT2D eigenvalue weighted by atomic mass is 32.1. The lowest BCUT2D eigenvalue weighted by molar-refractivity contribution is 0.370. The van der Waals surface area contributed by atoms with Crippen LogP contribution in [-0.4, -0.2) is 19.2 Å². The molecule has 1 aromatic heterocycles. The van der Waals surface area contributed by atoms with Crippen molar-refractivity contribution in [3.63, 3.8) is 0 Å². The number of nitrogens with one attached hydrogen (secondary N) is 1. The minimum atomic E-state index is -0.0912. The SMILES string of the molecule is COc1cccc(OC)c1C(Cc1cncs1)NN. The number of hydrogen-bond acceptors (Lipinski definition) is 6. The molecule has 0 aliphatic carbocycles. The van der Waals surface area contributed by atoms with Gasteiger partial charge in [-0.2, -0.15) is 0 Å². The van der Waals surface area contributed by atoms with Crippen molar-refractivity contribution in [2.75, 3.05) is 14.2 Å². The molecule has 2 rings (SSSR count). The lowest BCUT2D eigenvalue weighted by Crippen LogP contribution is -2.30. The first kappa shape index (κ1) is 13.8. The second-order valence-electron chi connectivity index (χ2n) is 3.97. The fourth-order valence-corrected chi connectivity index (χ4v) is 2.65. The lowest BCUT2D eigenvalue weighted by Gasteiger charge is -2.21. The Morgan fingerprint density at radius 2 is 2.00 bits per heavy atom. The maximum Gasteiger partial charge on any atom is 0.127 e. The number of thiazole rings is 1. The van der Waals surface area contributed by atoms with E-state index in [2.05, 4.69) is 10.4 Å². The van der Waals surface area contributed by atoms with Crippen LogP contribution in [0.1, 0.15) is 16.5 Å². The third-order valence-corrected chi connectivity index (χ3v) is 3.71. The summed E-state index contributed by atoms with van der Waals surface area (Å²) < 4.78 is 10.8. The molecule has 1 heterocycles. The van der Waals surface area contributed by atoms with E-state index in [-0.39, 0.29) is 6.04 Å². The lowest BCUT2D eigenvalue weighted by atomic mass is 10.0. The topological polar surface area (TPSA) is 69.4 Å². The van der Waals surface area contributed by atoms with Crippen LogP contribution in [0.15, 0.2) is 29.9 Å². The molecule has 19 heavy (non-hydrogen) atoms. The molecule has 0 saturated heterocycles. The Kier molecular flexibility index (Phi) is 4.73. The molecular formula is C13H17N3O2S. The molecule has 0 amide bonds. The Bertz CT molecular complexity index is 494. The minimum Gasteiger partial charge on any atom is -0.496 e. The molecule has 0 aliphatic rings. The number of methoxy groups -OCH3 is 2. The highest BCUT2D eigenvalue weighted by Crippen LogP contribution is 2.35. The average molecular weight is 279 g/mol. The normalized spacial score (nSPS) is 12.2. The summed E-state index contributed by atoms with van der Waals surface area (Å²) in [6.45, 7) is 0. The smallest absolute Gasteiger partial charge is 0.127 e. The second-order valence-corrected chi connectivity index (χ2v) is 4.94. The molecule has 5 nitrogen and oxygen atoms in total. The van der Waals surface area contributed by atoms with Crippen molar-refractivity contribution in [2.45, 2.75) is 12.5 Å². The van der Waals surface area contributed by atoms with Crippen molar-refractivity contribution < 1.29 is 9.47 Å². The summed E-state index contributed by atoms with van der Waals surface area (Å²) in [6, 6.07) is 5.59. The maximum atomic E-state index is 5.69. The zero-order chi connectivity index (χ0) is 13.7. The predicted octanol–water partition coefficient (Wildman–Crippen LogP) is 1.91. The third-order valence-electron chi connectivity index (χ3n) is 2.90. The van der Waals surface area contributed by atoms with Crippen LogP contribution in [0.5, 0.6) is 11.5 Å². The third kappa shape index (κ3) is 3.04. The van der Waals surface area contributed by atoms with Crippen molar-refractivity contribution in [3.8, 4) is 11.5 Å². The molecule has 2 aromatic rings. The molecule has 0 bridgehead atoms. The summed E-state index contributed by atoms with van der Waals surface area (Å²) in [5.74, 6) is 7.20. The first-order valence-electron chi connectivity index (χ1n) is 5.84. The molecule has 0 radical (unpaired) electrons. The number of ether oxygens (including phenoxy) is 2. The van der Waals surface area contributed by atoms with Crippen LogP contribution >= 0.6 is 11.3 Å². The van der Waals surface area contributed by atoms with Crippen LogP contribution in [0, 0.1) is 0 Å². The predicted molar refractivity (Wildman–Crippen MR) is 75.4 cm³/mol. The number of nitrogens with two attached hydrogens (primary N) is 1. The first-order valence-corrected chi connectivity index (χ1v) is 6.72. The van der Waals surface area contributed by atoms with Crippen molar-refractivity contribution in [1.29, 1.82) is 0 Å². The molecule has 0 saturated carbocycles. The summed E-state index contributed by atoms with van der Waals surface area (Å²) >= 11 is 1.60. The van der Waals surface area contributed by atoms with Crippen LogP contribution in [0.4, 0.5) is 0 Å². The highest BCUT2D eigenvalue weighted by molar-refractivity contribution is 7.09. The zero-order valence-corrected chi connectivity index (χ0v) is 11.7. The number of rotatable bonds is 6. The molecule has 0 fully saturated rings. The summed E-state index contributed by atoms with van der Waals surface area (Å²) in [4.78, 5) is 5.22. The van der Waals surface area contributed by atoms with Crippen LogP contribution in [0.25, 0.3) is 0 Å². The molecule has 102 valence electrons. The molecule has 1 unspecified atom stereocenters. The summed E-state index contributed by atoms with van der Waals surface area (Å²) in [7, 11) is 3.27. The van der Waals surface area contributed by atoms with Crippen molar-refractivity contribution in [3.05, 3.63) is 40.3 Å². The van der Waals surface area contributed by atoms with E-state index in [0.29, 0.717) is 0 Å². The van der Waals surface area contributed by atoms with Gasteiger partial charge in [-0.15, -0.1) is 11.3 Å². The zero-order valence-electron chi connectivity index (χ0n) is 10.9. The number of hydrazine groups is 1. The number of nitrogens with zero attached hydrogens (tertiary/aromatic N) is 1. The van der Waals surface area contributed by atoms with Gasteiger partial charge in [-0.25, -0.2) is 0 Å². The van der Waals surface area contributed by atoms with Gasteiger partial charge in [0.05, 0.1) is 31.3 Å². The number of benzene rings is 1. The monoisotopic (exact) mass is 279 g/mol. The molecule has 0 aliphatic heterocycles. The van der Waals surface area contributed by atoms with Crippen LogP contribution in [-0.2, 0) is 6.42 Å². The Morgan fingerprint density at radius 1 is 1.32 bits per heavy atom. The van der Waals surface area contributed by atoms with E-state index in [1.807, 2.05) is 29.9 Å². The van der Waals surface area contributed by atoms with E-state index in [1.54, 1.807) is 25.6 Å². The van der Waals surface area contributed by atoms with Crippen molar-refractivity contribution >= 4 is 11.3 Å². The van der Waals surface area contributed by atoms with Gasteiger partial charge in [0.25, 0.3) is 0 Å². The van der Waals surface area contributed by atoms with E-state index in [9.17, 15) is 0 Å². The van der Waals surface area contributed by atoms with Crippen LogP contribution < -0.4 is 20.7 Å². The van der Waals surface area contributed by atoms with Gasteiger partial charge in [-0.1, -0.05) is 6.07 Å². The Morgan fingerprint density at radius 3 is 2.47 bits per heavy atom. The molecule has 3 N–H and O–H groups in total. The van der Waals surface area contributed by atoms with Gasteiger partial charge in [0, 0.05) is 17.5 Å². The number of aromatic nitrogens is 1. The van der Waals surface area contributed by atoms with Gasteiger partial charge >= 0.3 is 0 Å². The maximum absolute atomic E-state index is 5.69. The highest BCUT2D eigenvalue weighted by Gasteiger charge is 2.20. The van der Waals surface area contributed by atoms with Gasteiger partial charge in [0.15, 0.2) is 0 Å². The average Bonchev–Trinajstić information content (AvgIpc) is 2.97. The fraction of sp³-hybridized carbons (Fsp3) is 0.308. The minimum absolute atomic E-state index is 0.0912. The Labute approximate surface area is 116 Å². The van der Waals surface area contributed by atoms with Crippen LogP contribution in [0.3, 0.4) is 0 Å². The van der Waals surface area contributed by atoms with Gasteiger partial charge in [0.1, 0.15) is 11.5 Å². The van der Waals surface area contributed by atoms with Crippen molar-refractivity contribution in [1.82, 2.24) is 10.4 Å². The summed E-state index contributed by atoms with van der Waals surface area (Å²) in [6.07, 6.45) is 2.58. The molecule has 1 aromatic carbocycles. The first-order chi connectivity index (χ1) is 9.30. The Hall–Kier alpha value is -1.63. The van der Waals surface area contributed by atoms with E-state index >= 15 is 0 Å². The summed E-state index contributed by atoms with van der Waals surface area (Å²) in [5.41, 5.74) is 5.55. The van der Waals surface area contributed by atoms with E-state index in [0.717, 1.165) is 28.4 Å². The largest absolute Gasteiger partial charge is 0.496 e. The molecular weight excluding hydrogens is 262 g/mol. The quantitative estimate of drug-likeness (QED) is 0.624. The second kappa shape index (κ2) is 6.51. The van der Waals surface area contributed by atoms with Crippen LogP contribution in [0.2, 0.25) is 0 Å². The van der Waals surface area contributed by atoms with E-state index < -0.39 is 0 Å². The summed E-state index contributed by atoms with van der Waals surface area (Å²) in [5, 5.41) is 0. The number of hydrogen-bond donors (Lipinski definition) is 2. The van der Waals surface area contributed by atoms with E-state index in [4.69, 9.17) is 15.3 Å². The van der Waals surface area contributed by atoms with Crippen molar-refractivity contribution in [2.24, 2.45) is 5.84 Å².